The van der Waals surface area contributed by atoms with Crippen LogP contribution in [-0.4, -0.2) is 16.0 Å². The van der Waals surface area contributed by atoms with E-state index in [1.54, 1.807) is 0 Å². The SMILES string of the molecule is NC1CCC(c2nc3ccccc3[nH]2)CC1. The van der Waals surface area contributed by atoms with Crippen LogP contribution in [0, 0.1) is 0 Å². The average molecular weight is 215 g/mol. The summed E-state index contributed by atoms with van der Waals surface area (Å²) in [6.07, 6.45) is 4.59. The molecule has 0 saturated heterocycles. The van der Waals surface area contributed by atoms with Crippen molar-refractivity contribution in [2.24, 2.45) is 5.73 Å². The number of nitrogens with zero attached hydrogens (tertiary/aromatic N) is 1. The monoisotopic (exact) mass is 215 g/mol. The summed E-state index contributed by atoms with van der Waals surface area (Å²) >= 11 is 0. The number of imidazole rings is 1. The molecule has 0 aliphatic heterocycles. The molecule has 3 N–H and O–H groups in total. The molecular formula is C13H17N3. The van der Waals surface area contributed by atoms with Crippen LogP contribution in [-0.2, 0) is 0 Å². The molecular weight excluding hydrogens is 198 g/mol. The van der Waals surface area contributed by atoms with Gasteiger partial charge in [0.1, 0.15) is 5.82 Å². The molecule has 3 nitrogen and oxygen atoms in total. The summed E-state index contributed by atoms with van der Waals surface area (Å²) in [6.45, 7) is 0. The smallest absolute Gasteiger partial charge is 0.110 e. The number of hydrogen-bond donors (Lipinski definition) is 2. The van der Waals surface area contributed by atoms with Gasteiger partial charge in [0.25, 0.3) is 0 Å². The molecule has 3 rings (SSSR count). The Morgan fingerprint density at radius 1 is 1.12 bits per heavy atom. The van der Waals surface area contributed by atoms with Crippen LogP contribution >= 0.6 is 0 Å². The van der Waals surface area contributed by atoms with Crippen molar-refractivity contribution in [3.05, 3.63) is 30.1 Å². The van der Waals surface area contributed by atoms with Crippen molar-refractivity contribution < 1.29 is 0 Å². The van der Waals surface area contributed by atoms with E-state index in [4.69, 9.17) is 5.73 Å². The van der Waals surface area contributed by atoms with Gasteiger partial charge in [0.2, 0.25) is 0 Å². The number of nitrogens with one attached hydrogen (secondary N) is 1. The molecule has 1 aliphatic carbocycles. The van der Waals surface area contributed by atoms with Crippen LogP contribution in [0.15, 0.2) is 24.3 Å². The summed E-state index contributed by atoms with van der Waals surface area (Å²) in [4.78, 5) is 8.09. The third-order valence-corrected chi connectivity index (χ3v) is 3.57. The summed E-state index contributed by atoms with van der Waals surface area (Å²) < 4.78 is 0. The van der Waals surface area contributed by atoms with Crippen molar-refractivity contribution >= 4 is 11.0 Å². The second-order valence-corrected chi connectivity index (χ2v) is 4.75. The first-order valence-corrected chi connectivity index (χ1v) is 6.03. The van der Waals surface area contributed by atoms with E-state index in [1.807, 2.05) is 12.1 Å². The minimum atomic E-state index is 0.403. The summed E-state index contributed by atoms with van der Waals surface area (Å²) in [6, 6.07) is 8.62. The first kappa shape index (κ1) is 9.85. The Kier molecular flexibility index (Phi) is 2.40. The van der Waals surface area contributed by atoms with Gasteiger partial charge < -0.3 is 10.7 Å². The number of aromatic amines is 1. The Morgan fingerprint density at radius 2 is 1.88 bits per heavy atom. The van der Waals surface area contributed by atoms with E-state index >= 15 is 0 Å². The predicted octanol–water partition coefficient (Wildman–Crippen LogP) is 2.55. The first-order chi connectivity index (χ1) is 7.83. The largest absolute Gasteiger partial charge is 0.342 e. The highest BCUT2D eigenvalue weighted by Gasteiger charge is 2.22. The van der Waals surface area contributed by atoms with Gasteiger partial charge in [0, 0.05) is 12.0 Å². The summed E-state index contributed by atoms with van der Waals surface area (Å²) in [7, 11) is 0. The van der Waals surface area contributed by atoms with Crippen LogP contribution in [0.4, 0.5) is 0 Å². The van der Waals surface area contributed by atoms with Crippen LogP contribution in [0.5, 0.6) is 0 Å². The molecule has 0 atom stereocenters. The lowest BCUT2D eigenvalue weighted by Crippen LogP contribution is -2.26. The lowest BCUT2D eigenvalue weighted by molar-refractivity contribution is 0.386. The van der Waals surface area contributed by atoms with E-state index in [-0.39, 0.29) is 0 Å². The zero-order chi connectivity index (χ0) is 11.0. The molecule has 0 spiro atoms. The van der Waals surface area contributed by atoms with Gasteiger partial charge in [0.15, 0.2) is 0 Å². The Balaban J connectivity index is 1.88. The highest BCUT2D eigenvalue weighted by atomic mass is 14.9. The number of benzene rings is 1. The molecule has 1 saturated carbocycles. The molecule has 2 aromatic rings. The number of aromatic nitrogens is 2. The molecule has 1 fully saturated rings. The fourth-order valence-electron chi connectivity index (χ4n) is 2.56. The van der Waals surface area contributed by atoms with Crippen molar-refractivity contribution in [2.45, 2.75) is 37.6 Å². The van der Waals surface area contributed by atoms with Crippen LogP contribution in [0.2, 0.25) is 0 Å². The lowest BCUT2D eigenvalue weighted by Gasteiger charge is -2.24. The maximum atomic E-state index is 5.92. The Morgan fingerprint density at radius 3 is 2.62 bits per heavy atom. The van der Waals surface area contributed by atoms with E-state index in [1.165, 1.54) is 12.8 Å². The number of nitrogens with two attached hydrogens (primary N) is 1. The van der Waals surface area contributed by atoms with Crippen molar-refractivity contribution in [2.75, 3.05) is 0 Å². The fraction of sp³-hybridized carbons (Fsp3) is 0.462. The van der Waals surface area contributed by atoms with Gasteiger partial charge in [-0.3, -0.25) is 0 Å². The average Bonchev–Trinajstić information content (AvgIpc) is 2.73. The first-order valence-electron chi connectivity index (χ1n) is 6.03. The van der Waals surface area contributed by atoms with Gasteiger partial charge in [-0.15, -0.1) is 0 Å². The van der Waals surface area contributed by atoms with Gasteiger partial charge >= 0.3 is 0 Å². The van der Waals surface area contributed by atoms with Gasteiger partial charge in [-0.2, -0.15) is 0 Å². The zero-order valence-corrected chi connectivity index (χ0v) is 9.32. The normalized spacial score (nSPS) is 26.1. The van der Waals surface area contributed by atoms with Gasteiger partial charge in [-0.05, 0) is 37.8 Å². The third kappa shape index (κ3) is 1.71. The van der Waals surface area contributed by atoms with Crippen molar-refractivity contribution in [3.8, 4) is 0 Å². The van der Waals surface area contributed by atoms with E-state index in [0.29, 0.717) is 12.0 Å². The molecule has 84 valence electrons. The third-order valence-electron chi connectivity index (χ3n) is 3.57. The quantitative estimate of drug-likeness (QED) is 0.768. The van der Waals surface area contributed by atoms with Crippen molar-refractivity contribution in [3.63, 3.8) is 0 Å². The number of H-pyrrole nitrogens is 1. The van der Waals surface area contributed by atoms with Gasteiger partial charge in [-0.1, -0.05) is 12.1 Å². The summed E-state index contributed by atoms with van der Waals surface area (Å²) in [5, 5.41) is 0. The molecule has 1 heterocycles. The summed E-state index contributed by atoms with van der Waals surface area (Å²) in [5.74, 6) is 1.72. The minimum absolute atomic E-state index is 0.403. The van der Waals surface area contributed by atoms with Crippen molar-refractivity contribution in [1.29, 1.82) is 0 Å². The zero-order valence-electron chi connectivity index (χ0n) is 9.32. The van der Waals surface area contributed by atoms with Gasteiger partial charge in [-0.25, -0.2) is 4.98 Å². The number of rotatable bonds is 1. The molecule has 16 heavy (non-hydrogen) atoms. The second kappa shape index (κ2) is 3.91. The second-order valence-electron chi connectivity index (χ2n) is 4.75. The van der Waals surface area contributed by atoms with E-state index in [2.05, 4.69) is 22.1 Å². The molecule has 1 aliphatic rings. The van der Waals surface area contributed by atoms with E-state index < -0.39 is 0 Å². The fourth-order valence-corrected chi connectivity index (χ4v) is 2.56. The molecule has 1 aromatic heterocycles. The maximum Gasteiger partial charge on any atom is 0.110 e. The van der Waals surface area contributed by atoms with Crippen LogP contribution < -0.4 is 5.73 Å². The number of hydrogen-bond acceptors (Lipinski definition) is 2. The minimum Gasteiger partial charge on any atom is -0.342 e. The molecule has 3 heteroatoms. The highest BCUT2D eigenvalue weighted by molar-refractivity contribution is 5.74. The topological polar surface area (TPSA) is 54.7 Å². The van der Waals surface area contributed by atoms with E-state index in [9.17, 15) is 0 Å². The van der Waals surface area contributed by atoms with Gasteiger partial charge in [0.05, 0.1) is 11.0 Å². The maximum absolute atomic E-state index is 5.92. The number of para-hydroxylation sites is 2. The van der Waals surface area contributed by atoms with Crippen LogP contribution in [0.1, 0.15) is 37.4 Å². The Labute approximate surface area is 95.1 Å². The summed E-state index contributed by atoms with van der Waals surface area (Å²) in [5.41, 5.74) is 8.14. The molecule has 0 amide bonds. The molecule has 0 unspecified atom stereocenters. The number of fused-ring (bicyclic) bond motifs is 1. The van der Waals surface area contributed by atoms with Crippen molar-refractivity contribution in [1.82, 2.24) is 9.97 Å². The van der Waals surface area contributed by atoms with E-state index in [0.717, 1.165) is 29.7 Å². The molecule has 0 radical (unpaired) electrons. The Hall–Kier alpha value is -1.35. The molecule has 1 aromatic carbocycles. The molecule has 0 bridgehead atoms. The lowest BCUT2D eigenvalue weighted by atomic mass is 9.86. The predicted molar refractivity (Wildman–Crippen MR) is 65.3 cm³/mol. The highest BCUT2D eigenvalue weighted by Crippen LogP contribution is 2.31. The Bertz CT molecular complexity index is 448. The van der Waals surface area contributed by atoms with Crippen LogP contribution in [0.3, 0.4) is 0 Å². The standard InChI is InChI=1S/C13H17N3/c14-10-7-5-9(6-8-10)13-15-11-3-1-2-4-12(11)16-13/h1-4,9-10H,5-8,14H2,(H,15,16). The van der Waals surface area contributed by atoms with Crippen LogP contribution in [0.25, 0.3) is 11.0 Å².